The summed E-state index contributed by atoms with van der Waals surface area (Å²) in [5.41, 5.74) is 0.767. The maximum atomic E-state index is 12.9. The first kappa shape index (κ1) is 24.2. The highest BCUT2D eigenvalue weighted by atomic mass is 16.6. The van der Waals surface area contributed by atoms with Gasteiger partial charge in [0.2, 0.25) is 0 Å². The number of amides is 2. The second-order valence-electron chi connectivity index (χ2n) is 10.6. The minimum Gasteiger partial charge on any atom is -0.444 e. The van der Waals surface area contributed by atoms with Gasteiger partial charge in [-0.2, -0.15) is 0 Å². The standard InChI is InChI=1S/C24H37N3O5/c1-23(2,3)31-21(29)26-13-14-27(22(30)32-24(4,5)6)20(16-26)17-7-9-18(10-8-17)25-12-11-19(28)15-25/h7-10,19-20,28H,11-16H2,1-6H3. The largest absolute Gasteiger partial charge is 0.444 e. The second kappa shape index (κ2) is 9.17. The Hall–Kier alpha value is -2.48. The lowest BCUT2D eigenvalue weighted by Gasteiger charge is -2.42. The lowest BCUT2D eigenvalue weighted by Crippen LogP contribution is -2.54. The highest BCUT2D eigenvalue weighted by molar-refractivity contribution is 5.71. The van der Waals surface area contributed by atoms with Crippen LogP contribution in [0.3, 0.4) is 0 Å². The first-order valence-electron chi connectivity index (χ1n) is 11.3. The van der Waals surface area contributed by atoms with Crippen LogP contribution < -0.4 is 4.90 Å². The molecular formula is C24H37N3O5. The van der Waals surface area contributed by atoms with E-state index in [-0.39, 0.29) is 18.2 Å². The van der Waals surface area contributed by atoms with E-state index in [0.29, 0.717) is 26.2 Å². The van der Waals surface area contributed by atoms with E-state index < -0.39 is 17.3 Å². The van der Waals surface area contributed by atoms with Crippen molar-refractivity contribution in [3.8, 4) is 0 Å². The second-order valence-corrected chi connectivity index (χ2v) is 10.6. The van der Waals surface area contributed by atoms with Gasteiger partial charge < -0.3 is 24.4 Å². The predicted molar refractivity (Wildman–Crippen MR) is 123 cm³/mol. The van der Waals surface area contributed by atoms with Gasteiger partial charge in [-0.1, -0.05) is 12.1 Å². The molecule has 8 heteroatoms. The number of nitrogens with zero attached hydrogens (tertiary/aromatic N) is 3. The Kier molecular flexibility index (Phi) is 6.93. The molecule has 0 saturated carbocycles. The van der Waals surface area contributed by atoms with Gasteiger partial charge >= 0.3 is 12.2 Å². The quantitative estimate of drug-likeness (QED) is 0.743. The first-order chi connectivity index (χ1) is 14.8. The number of hydrogen-bond acceptors (Lipinski definition) is 6. The van der Waals surface area contributed by atoms with E-state index in [1.54, 1.807) is 9.80 Å². The summed E-state index contributed by atoms with van der Waals surface area (Å²) < 4.78 is 11.2. The van der Waals surface area contributed by atoms with Crippen LogP contribution in [0.25, 0.3) is 0 Å². The lowest BCUT2D eigenvalue weighted by atomic mass is 10.0. The van der Waals surface area contributed by atoms with Crippen molar-refractivity contribution in [3.05, 3.63) is 29.8 Å². The maximum absolute atomic E-state index is 12.9. The van der Waals surface area contributed by atoms with Gasteiger partial charge in [0.1, 0.15) is 11.2 Å². The number of carbonyl (C=O) groups is 2. The molecule has 32 heavy (non-hydrogen) atoms. The Morgan fingerprint density at radius 2 is 1.47 bits per heavy atom. The van der Waals surface area contributed by atoms with Crippen LogP contribution in [0.5, 0.6) is 0 Å². The molecule has 0 aliphatic carbocycles. The van der Waals surface area contributed by atoms with Crippen LogP contribution in [0.1, 0.15) is 59.6 Å². The van der Waals surface area contributed by atoms with E-state index in [4.69, 9.17) is 9.47 Å². The van der Waals surface area contributed by atoms with Crippen LogP contribution >= 0.6 is 0 Å². The number of carbonyl (C=O) groups excluding carboxylic acids is 2. The van der Waals surface area contributed by atoms with Gasteiger partial charge in [0, 0.05) is 38.4 Å². The molecule has 2 atom stereocenters. The summed E-state index contributed by atoms with van der Waals surface area (Å²) in [7, 11) is 0. The summed E-state index contributed by atoms with van der Waals surface area (Å²) >= 11 is 0. The summed E-state index contributed by atoms with van der Waals surface area (Å²) in [6, 6.07) is 7.64. The van der Waals surface area contributed by atoms with E-state index >= 15 is 0 Å². The fraction of sp³-hybridized carbons (Fsp3) is 0.667. The third kappa shape index (κ3) is 6.28. The van der Waals surface area contributed by atoms with Gasteiger partial charge in [0.15, 0.2) is 0 Å². The summed E-state index contributed by atoms with van der Waals surface area (Å²) in [6.07, 6.45) is -0.299. The molecule has 178 valence electrons. The van der Waals surface area contributed by atoms with Crippen molar-refractivity contribution >= 4 is 17.9 Å². The van der Waals surface area contributed by atoms with Gasteiger partial charge in [-0.15, -0.1) is 0 Å². The number of benzene rings is 1. The van der Waals surface area contributed by atoms with Crippen LogP contribution in [0.15, 0.2) is 24.3 Å². The smallest absolute Gasteiger partial charge is 0.410 e. The third-order valence-electron chi connectivity index (χ3n) is 5.47. The van der Waals surface area contributed by atoms with E-state index in [9.17, 15) is 14.7 Å². The molecule has 0 spiro atoms. The molecule has 1 aromatic carbocycles. The summed E-state index contributed by atoms with van der Waals surface area (Å²) in [4.78, 5) is 31.1. The molecule has 0 bridgehead atoms. The average Bonchev–Trinajstić information content (AvgIpc) is 3.11. The lowest BCUT2D eigenvalue weighted by molar-refractivity contribution is -0.0152. The number of β-amino-alcohol motifs (C(OH)–C–C–N with tert-alkyl or cyclic N) is 1. The zero-order valence-electron chi connectivity index (χ0n) is 20.1. The Morgan fingerprint density at radius 3 is 2.00 bits per heavy atom. The van der Waals surface area contributed by atoms with Crippen molar-refractivity contribution in [1.29, 1.82) is 0 Å². The molecule has 2 unspecified atom stereocenters. The Labute approximate surface area is 191 Å². The normalized spacial score (nSPS) is 22.2. The molecule has 2 amide bonds. The van der Waals surface area contributed by atoms with Crippen molar-refractivity contribution in [2.24, 2.45) is 0 Å². The molecule has 2 fully saturated rings. The molecule has 0 aromatic heterocycles. The molecule has 1 N–H and O–H groups in total. The number of ether oxygens (including phenoxy) is 2. The van der Waals surface area contributed by atoms with Crippen LogP contribution in [0.4, 0.5) is 15.3 Å². The highest BCUT2D eigenvalue weighted by Crippen LogP contribution is 2.30. The molecule has 0 radical (unpaired) electrons. The molecule has 2 saturated heterocycles. The summed E-state index contributed by atoms with van der Waals surface area (Å²) in [6.45, 7) is 13.6. The fourth-order valence-corrected chi connectivity index (χ4v) is 3.98. The van der Waals surface area contributed by atoms with Gasteiger partial charge in [-0.3, -0.25) is 4.90 Å². The molecule has 2 heterocycles. The third-order valence-corrected chi connectivity index (χ3v) is 5.47. The number of rotatable bonds is 2. The Balaban J connectivity index is 1.81. The van der Waals surface area contributed by atoms with Gasteiger partial charge in [-0.25, -0.2) is 9.59 Å². The topological polar surface area (TPSA) is 82.5 Å². The molecular weight excluding hydrogens is 410 g/mol. The molecule has 2 aliphatic rings. The minimum atomic E-state index is -0.607. The van der Waals surface area contributed by atoms with Crippen molar-refractivity contribution in [2.45, 2.75) is 71.3 Å². The van der Waals surface area contributed by atoms with E-state index in [2.05, 4.69) is 4.90 Å². The fourth-order valence-electron chi connectivity index (χ4n) is 3.98. The van der Waals surface area contributed by atoms with Crippen molar-refractivity contribution < 1.29 is 24.2 Å². The van der Waals surface area contributed by atoms with E-state index in [0.717, 1.165) is 24.2 Å². The maximum Gasteiger partial charge on any atom is 0.410 e. The van der Waals surface area contributed by atoms with Crippen LogP contribution in [0, 0.1) is 0 Å². The minimum absolute atomic E-state index is 0.293. The average molecular weight is 448 g/mol. The molecule has 1 aromatic rings. The van der Waals surface area contributed by atoms with Gasteiger partial charge in [-0.05, 0) is 65.7 Å². The van der Waals surface area contributed by atoms with Gasteiger partial charge in [0.25, 0.3) is 0 Å². The zero-order chi connectivity index (χ0) is 23.7. The highest BCUT2D eigenvalue weighted by Gasteiger charge is 2.37. The Bertz CT molecular complexity index is 812. The van der Waals surface area contributed by atoms with Crippen LogP contribution in [0.2, 0.25) is 0 Å². The number of piperazine rings is 1. The molecule has 2 aliphatic heterocycles. The zero-order valence-corrected chi connectivity index (χ0v) is 20.1. The Morgan fingerprint density at radius 1 is 0.875 bits per heavy atom. The van der Waals surface area contributed by atoms with Crippen LogP contribution in [-0.4, -0.2) is 77.1 Å². The molecule has 8 nitrogen and oxygen atoms in total. The van der Waals surface area contributed by atoms with E-state index in [1.807, 2.05) is 65.8 Å². The monoisotopic (exact) mass is 447 g/mol. The number of hydrogen-bond donors (Lipinski definition) is 1. The SMILES string of the molecule is CC(C)(C)OC(=O)N1CCN(C(=O)OC(C)(C)C)C(c2ccc(N3CCC(O)C3)cc2)C1. The summed E-state index contributed by atoms with van der Waals surface area (Å²) in [5.74, 6) is 0. The number of anilines is 1. The number of aliphatic hydroxyl groups excluding tert-OH is 1. The predicted octanol–water partition coefficient (Wildman–Crippen LogP) is 3.79. The van der Waals surface area contributed by atoms with Crippen molar-refractivity contribution in [1.82, 2.24) is 9.80 Å². The van der Waals surface area contributed by atoms with E-state index in [1.165, 1.54) is 0 Å². The molecule has 3 rings (SSSR count). The first-order valence-corrected chi connectivity index (χ1v) is 11.3. The number of aliphatic hydroxyl groups is 1. The van der Waals surface area contributed by atoms with Gasteiger partial charge in [0.05, 0.1) is 12.1 Å². The summed E-state index contributed by atoms with van der Waals surface area (Å²) in [5, 5.41) is 9.82. The van der Waals surface area contributed by atoms with Crippen molar-refractivity contribution in [2.75, 3.05) is 37.6 Å². The van der Waals surface area contributed by atoms with Crippen molar-refractivity contribution in [3.63, 3.8) is 0 Å². The van der Waals surface area contributed by atoms with Crippen LogP contribution in [-0.2, 0) is 9.47 Å².